The molecule has 1 amide bonds. The maximum absolute atomic E-state index is 13.0. The van der Waals surface area contributed by atoms with Crippen molar-refractivity contribution in [2.75, 3.05) is 43.4 Å². The summed E-state index contributed by atoms with van der Waals surface area (Å²) in [5.41, 5.74) is 8.47. The van der Waals surface area contributed by atoms with E-state index in [0.717, 1.165) is 66.0 Å². The first kappa shape index (κ1) is 20.7. The minimum absolute atomic E-state index is 0.133. The summed E-state index contributed by atoms with van der Waals surface area (Å²) in [5, 5.41) is 12.1. The van der Waals surface area contributed by atoms with Crippen LogP contribution in [0.4, 0.5) is 11.4 Å². The molecule has 6 nitrogen and oxygen atoms in total. The number of nitrogens with zero attached hydrogens (tertiary/aromatic N) is 3. The van der Waals surface area contributed by atoms with E-state index in [1.54, 1.807) is 0 Å². The molecule has 2 unspecified atom stereocenters. The van der Waals surface area contributed by atoms with Crippen molar-refractivity contribution in [3.8, 4) is 11.3 Å². The number of aromatic nitrogens is 2. The molecule has 7 rings (SSSR count). The van der Waals surface area contributed by atoms with E-state index in [-0.39, 0.29) is 11.8 Å². The Labute approximate surface area is 204 Å². The average Bonchev–Trinajstić information content (AvgIpc) is 3.40. The van der Waals surface area contributed by atoms with Crippen molar-refractivity contribution >= 4 is 28.2 Å². The molecule has 1 aliphatic carbocycles. The number of fused-ring (bicyclic) bond motifs is 3. The van der Waals surface area contributed by atoms with E-state index in [1.165, 1.54) is 16.8 Å². The van der Waals surface area contributed by atoms with Gasteiger partial charge in [0.05, 0.1) is 16.6 Å². The molecule has 1 aromatic heterocycles. The van der Waals surface area contributed by atoms with E-state index in [4.69, 9.17) is 0 Å². The minimum atomic E-state index is -0.420. The molecule has 0 bridgehead atoms. The Balaban J connectivity index is 1.17. The molecular formula is C29H29N5O. The number of aromatic amines is 1. The third-order valence-corrected chi connectivity index (χ3v) is 8.27. The van der Waals surface area contributed by atoms with Crippen LogP contribution in [0.2, 0.25) is 0 Å². The number of benzene rings is 3. The molecule has 3 heterocycles. The minimum Gasteiger partial charge on any atom is -0.369 e. The van der Waals surface area contributed by atoms with Crippen LogP contribution in [0.25, 0.3) is 22.2 Å². The van der Waals surface area contributed by atoms with Crippen molar-refractivity contribution < 1.29 is 4.79 Å². The average molecular weight is 464 g/mol. The van der Waals surface area contributed by atoms with Gasteiger partial charge in [-0.1, -0.05) is 42.0 Å². The summed E-state index contributed by atoms with van der Waals surface area (Å²) in [6.07, 6.45) is 0.857. The number of rotatable bonds is 3. The summed E-state index contributed by atoms with van der Waals surface area (Å²) in [6.45, 7) is 6.42. The summed E-state index contributed by atoms with van der Waals surface area (Å²) < 4.78 is 0. The summed E-state index contributed by atoms with van der Waals surface area (Å²) in [7, 11) is 2.18. The zero-order valence-corrected chi connectivity index (χ0v) is 20.1. The number of aryl methyl sites for hydroxylation is 1. The number of nitrogens with one attached hydrogen (secondary N) is 2. The Kier molecular flexibility index (Phi) is 4.39. The van der Waals surface area contributed by atoms with Crippen molar-refractivity contribution in [3.63, 3.8) is 0 Å². The van der Waals surface area contributed by atoms with Gasteiger partial charge in [-0.05, 0) is 55.8 Å². The number of anilines is 2. The van der Waals surface area contributed by atoms with Gasteiger partial charge in [-0.3, -0.25) is 9.89 Å². The molecule has 1 spiro atoms. The smallest absolute Gasteiger partial charge is 0.235 e. The van der Waals surface area contributed by atoms with E-state index < -0.39 is 5.41 Å². The third kappa shape index (κ3) is 3.13. The van der Waals surface area contributed by atoms with Gasteiger partial charge in [0.2, 0.25) is 5.91 Å². The highest BCUT2D eigenvalue weighted by atomic mass is 16.2. The number of hydrogen-bond acceptors (Lipinski definition) is 4. The second kappa shape index (κ2) is 7.43. The Bertz CT molecular complexity index is 1460. The number of piperazine rings is 1. The molecule has 2 atom stereocenters. The van der Waals surface area contributed by atoms with E-state index in [9.17, 15) is 4.79 Å². The summed E-state index contributed by atoms with van der Waals surface area (Å²) in [4.78, 5) is 17.8. The van der Waals surface area contributed by atoms with Gasteiger partial charge in [0.1, 0.15) is 0 Å². The van der Waals surface area contributed by atoms with E-state index >= 15 is 0 Å². The van der Waals surface area contributed by atoms with Crippen molar-refractivity contribution in [2.24, 2.45) is 0 Å². The molecule has 35 heavy (non-hydrogen) atoms. The normalized spacial score (nSPS) is 23.7. The van der Waals surface area contributed by atoms with E-state index in [1.807, 2.05) is 6.07 Å². The Morgan fingerprint density at radius 3 is 2.57 bits per heavy atom. The first-order valence-electron chi connectivity index (χ1n) is 12.5. The summed E-state index contributed by atoms with van der Waals surface area (Å²) in [6, 6.07) is 21.6. The van der Waals surface area contributed by atoms with Crippen LogP contribution in [0.5, 0.6) is 0 Å². The fourth-order valence-corrected chi connectivity index (χ4v) is 6.08. The molecule has 3 aliphatic rings. The maximum Gasteiger partial charge on any atom is 0.235 e. The van der Waals surface area contributed by atoms with Crippen LogP contribution < -0.4 is 10.2 Å². The lowest BCUT2D eigenvalue weighted by Crippen LogP contribution is -2.44. The van der Waals surface area contributed by atoms with Crippen molar-refractivity contribution in [2.45, 2.75) is 24.7 Å². The van der Waals surface area contributed by atoms with Crippen LogP contribution in [0, 0.1) is 6.92 Å². The summed E-state index contributed by atoms with van der Waals surface area (Å²) in [5.74, 6) is 0.332. The van der Waals surface area contributed by atoms with Crippen LogP contribution in [0.3, 0.4) is 0 Å². The second-order valence-electron chi connectivity index (χ2n) is 10.4. The van der Waals surface area contributed by atoms with Crippen LogP contribution in [-0.4, -0.2) is 54.2 Å². The predicted molar refractivity (Wildman–Crippen MR) is 140 cm³/mol. The molecule has 0 radical (unpaired) electrons. The van der Waals surface area contributed by atoms with Crippen LogP contribution in [0.15, 0.2) is 60.7 Å². The van der Waals surface area contributed by atoms with Gasteiger partial charge in [0, 0.05) is 54.4 Å². The topological polar surface area (TPSA) is 64.3 Å². The maximum atomic E-state index is 13.0. The van der Waals surface area contributed by atoms with Crippen molar-refractivity contribution in [1.82, 2.24) is 15.1 Å². The van der Waals surface area contributed by atoms with Gasteiger partial charge in [-0.2, -0.15) is 5.10 Å². The first-order chi connectivity index (χ1) is 17.0. The van der Waals surface area contributed by atoms with Gasteiger partial charge in [0.15, 0.2) is 0 Å². The fraction of sp³-hybridized carbons (Fsp3) is 0.310. The number of amides is 1. The zero-order valence-electron chi connectivity index (χ0n) is 20.1. The van der Waals surface area contributed by atoms with Crippen molar-refractivity contribution in [1.29, 1.82) is 0 Å². The zero-order chi connectivity index (χ0) is 23.7. The Morgan fingerprint density at radius 2 is 1.77 bits per heavy atom. The molecule has 3 aromatic carbocycles. The van der Waals surface area contributed by atoms with Gasteiger partial charge in [-0.15, -0.1) is 0 Å². The molecule has 1 saturated heterocycles. The molecule has 2 fully saturated rings. The van der Waals surface area contributed by atoms with Gasteiger partial charge in [-0.25, -0.2) is 0 Å². The van der Waals surface area contributed by atoms with Crippen LogP contribution in [0.1, 0.15) is 29.0 Å². The van der Waals surface area contributed by atoms with E-state index in [0.29, 0.717) is 0 Å². The molecule has 2 aliphatic heterocycles. The molecule has 4 aromatic rings. The highest BCUT2D eigenvalue weighted by Gasteiger charge is 2.65. The quantitative estimate of drug-likeness (QED) is 0.464. The number of hydrogen-bond donors (Lipinski definition) is 2. The predicted octanol–water partition coefficient (Wildman–Crippen LogP) is 4.67. The monoisotopic (exact) mass is 463 g/mol. The first-order valence-corrected chi connectivity index (χ1v) is 12.5. The van der Waals surface area contributed by atoms with Crippen molar-refractivity contribution in [3.05, 3.63) is 77.4 Å². The van der Waals surface area contributed by atoms with Gasteiger partial charge < -0.3 is 15.1 Å². The lowest BCUT2D eigenvalue weighted by atomic mass is 9.91. The molecular weight excluding hydrogens is 434 g/mol. The molecule has 176 valence electrons. The highest BCUT2D eigenvalue weighted by molar-refractivity contribution is 6.10. The second-order valence-corrected chi connectivity index (χ2v) is 10.4. The molecule has 1 saturated carbocycles. The van der Waals surface area contributed by atoms with Gasteiger partial charge in [0.25, 0.3) is 0 Å². The number of H-pyrrole nitrogens is 1. The standard InChI is InChI=1S/C29H29N5O/c1-18-3-10-25-23(15-18)29(28(35)30-25)17-24(29)20-6-9-22-26(16-20)31-32-27(22)19-4-7-21(8-5-19)34-13-11-33(2)12-14-34/h3-10,15-16,24H,11-14,17H2,1-2H3,(H,30,35)(H,31,32). The van der Waals surface area contributed by atoms with Gasteiger partial charge >= 0.3 is 0 Å². The number of likely N-dealkylation sites (N-methyl/N-ethyl adjacent to an activating group) is 1. The van der Waals surface area contributed by atoms with Crippen LogP contribution >= 0.6 is 0 Å². The lowest BCUT2D eigenvalue weighted by Gasteiger charge is -2.34. The molecule has 6 heteroatoms. The lowest BCUT2D eigenvalue weighted by molar-refractivity contribution is -0.118. The van der Waals surface area contributed by atoms with Crippen LogP contribution in [-0.2, 0) is 10.2 Å². The third-order valence-electron chi connectivity index (χ3n) is 8.27. The number of carbonyl (C=O) groups is 1. The number of carbonyl (C=O) groups excluding carboxylic acids is 1. The largest absolute Gasteiger partial charge is 0.369 e. The SMILES string of the molecule is Cc1ccc2c(c1)C1(CC1c1ccc3c(-c4ccc(N5CCN(C)CC5)cc4)n[nH]c3c1)C(=O)N2. The fourth-order valence-electron chi connectivity index (χ4n) is 6.08. The summed E-state index contributed by atoms with van der Waals surface area (Å²) >= 11 is 0. The highest BCUT2D eigenvalue weighted by Crippen LogP contribution is 2.65. The van der Waals surface area contributed by atoms with E-state index in [2.05, 4.69) is 93.9 Å². The Hall–Kier alpha value is -3.64. The molecule has 2 N–H and O–H groups in total. The Morgan fingerprint density at radius 1 is 0.971 bits per heavy atom.